The van der Waals surface area contributed by atoms with Crippen LogP contribution in [-0.2, 0) is 9.59 Å². The molecular weight excluding hydrogens is 358 g/mol. The second-order valence-corrected chi connectivity index (χ2v) is 6.56. The second-order valence-electron chi connectivity index (χ2n) is 6.56. The Labute approximate surface area is 164 Å². The molecule has 0 heterocycles. The summed E-state index contributed by atoms with van der Waals surface area (Å²) in [6.45, 7) is 5.22. The number of hydrazine groups is 1. The average molecular weight is 383 g/mol. The molecule has 0 saturated carbocycles. The minimum absolute atomic E-state index is 0.00889. The summed E-state index contributed by atoms with van der Waals surface area (Å²) in [4.78, 5) is 35.8. The van der Waals surface area contributed by atoms with E-state index in [1.54, 1.807) is 24.3 Å². The fourth-order valence-electron chi connectivity index (χ4n) is 2.58. The molecule has 7 heteroatoms. The van der Waals surface area contributed by atoms with E-state index < -0.39 is 17.9 Å². The maximum Gasteiger partial charge on any atom is 0.269 e. The Morgan fingerprint density at radius 2 is 1.57 bits per heavy atom. The monoisotopic (exact) mass is 383 g/mol. The van der Waals surface area contributed by atoms with Crippen molar-refractivity contribution in [3.63, 3.8) is 0 Å². The number of rotatable bonds is 7. The number of amides is 3. The van der Waals surface area contributed by atoms with Crippen LogP contribution in [0.3, 0.4) is 0 Å². The van der Waals surface area contributed by atoms with Crippen molar-refractivity contribution in [3.8, 4) is 5.75 Å². The number of nitrogens with one attached hydrogen (secondary N) is 3. The zero-order valence-corrected chi connectivity index (χ0v) is 16.2. The van der Waals surface area contributed by atoms with E-state index in [-0.39, 0.29) is 18.4 Å². The summed E-state index contributed by atoms with van der Waals surface area (Å²) in [5.74, 6) is -0.443. The van der Waals surface area contributed by atoms with Crippen LogP contribution < -0.4 is 20.9 Å². The fraction of sp³-hybridized carbons (Fsp3) is 0.286. The summed E-state index contributed by atoms with van der Waals surface area (Å²) >= 11 is 0. The standard InChI is InChI=1S/C21H25N3O4/c1-14(2)28-18-11-9-17(10-12-18)21(27)24-23-20(26)13-19(22-15(3)25)16-7-5-4-6-8-16/h4-12,14,19H,13H2,1-3H3,(H,22,25)(H,23,26)(H,24,27)/t19-/m1/s1. The lowest BCUT2D eigenvalue weighted by atomic mass is 10.0. The lowest BCUT2D eigenvalue weighted by molar-refractivity contribution is -0.123. The van der Waals surface area contributed by atoms with Crippen LogP contribution in [0.25, 0.3) is 0 Å². The van der Waals surface area contributed by atoms with E-state index in [2.05, 4.69) is 16.2 Å². The molecule has 0 aliphatic rings. The van der Waals surface area contributed by atoms with Gasteiger partial charge in [-0.3, -0.25) is 25.2 Å². The Morgan fingerprint density at radius 3 is 2.14 bits per heavy atom. The summed E-state index contributed by atoms with van der Waals surface area (Å²) < 4.78 is 5.53. The van der Waals surface area contributed by atoms with Crippen molar-refractivity contribution in [3.05, 3.63) is 65.7 Å². The van der Waals surface area contributed by atoms with Crippen molar-refractivity contribution >= 4 is 17.7 Å². The Morgan fingerprint density at radius 1 is 0.929 bits per heavy atom. The van der Waals surface area contributed by atoms with Crippen LogP contribution >= 0.6 is 0 Å². The maximum atomic E-state index is 12.2. The Bertz CT molecular complexity index is 804. The summed E-state index contributed by atoms with van der Waals surface area (Å²) in [7, 11) is 0. The average Bonchev–Trinajstić information content (AvgIpc) is 2.66. The molecule has 0 radical (unpaired) electrons. The molecule has 2 aromatic carbocycles. The third-order valence-electron chi connectivity index (χ3n) is 3.77. The molecule has 3 N–H and O–H groups in total. The maximum absolute atomic E-state index is 12.2. The van der Waals surface area contributed by atoms with Crippen LogP contribution in [0, 0.1) is 0 Å². The zero-order chi connectivity index (χ0) is 20.5. The van der Waals surface area contributed by atoms with Gasteiger partial charge in [-0.25, -0.2) is 0 Å². The molecule has 3 amide bonds. The molecule has 0 unspecified atom stereocenters. The van der Waals surface area contributed by atoms with Crippen molar-refractivity contribution in [1.82, 2.24) is 16.2 Å². The normalized spacial score (nSPS) is 11.4. The summed E-state index contributed by atoms with van der Waals surface area (Å²) in [6, 6.07) is 15.3. The van der Waals surface area contributed by atoms with E-state index in [9.17, 15) is 14.4 Å². The van der Waals surface area contributed by atoms with Gasteiger partial charge in [-0.1, -0.05) is 30.3 Å². The van der Waals surface area contributed by atoms with Gasteiger partial charge in [0.25, 0.3) is 5.91 Å². The van der Waals surface area contributed by atoms with E-state index in [0.717, 1.165) is 5.56 Å². The highest BCUT2D eigenvalue weighted by Gasteiger charge is 2.17. The first-order valence-corrected chi connectivity index (χ1v) is 9.03. The number of carbonyl (C=O) groups excluding carboxylic acids is 3. The van der Waals surface area contributed by atoms with Gasteiger partial charge < -0.3 is 10.1 Å². The highest BCUT2D eigenvalue weighted by atomic mass is 16.5. The van der Waals surface area contributed by atoms with Crippen molar-refractivity contribution in [2.24, 2.45) is 0 Å². The van der Waals surface area contributed by atoms with Gasteiger partial charge in [0.2, 0.25) is 11.8 Å². The largest absolute Gasteiger partial charge is 0.491 e. The van der Waals surface area contributed by atoms with Gasteiger partial charge in [0.1, 0.15) is 5.75 Å². The molecular formula is C21H25N3O4. The third kappa shape index (κ3) is 6.75. The SMILES string of the molecule is CC(=O)N[C@H](CC(=O)NNC(=O)c1ccc(OC(C)C)cc1)c1ccccc1. The smallest absolute Gasteiger partial charge is 0.269 e. The first-order valence-electron chi connectivity index (χ1n) is 9.03. The molecule has 148 valence electrons. The number of benzene rings is 2. The molecule has 1 atom stereocenters. The van der Waals surface area contributed by atoms with Gasteiger partial charge >= 0.3 is 0 Å². The van der Waals surface area contributed by atoms with Crippen LogP contribution in [0.5, 0.6) is 5.75 Å². The van der Waals surface area contributed by atoms with E-state index in [1.165, 1.54) is 6.92 Å². The highest BCUT2D eigenvalue weighted by Crippen LogP contribution is 2.16. The minimum Gasteiger partial charge on any atom is -0.491 e. The van der Waals surface area contributed by atoms with E-state index in [0.29, 0.717) is 11.3 Å². The van der Waals surface area contributed by atoms with E-state index >= 15 is 0 Å². The molecule has 0 aromatic heterocycles. The Kier molecular flexibility index (Phi) is 7.56. The lowest BCUT2D eigenvalue weighted by Gasteiger charge is -2.18. The summed E-state index contributed by atoms with van der Waals surface area (Å²) in [5.41, 5.74) is 5.95. The summed E-state index contributed by atoms with van der Waals surface area (Å²) in [6.07, 6.45) is 0.0329. The zero-order valence-electron chi connectivity index (χ0n) is 16.2. The predicted octanol–water partition coefficient (Wildman–Crippen LogP) is 2.50. The number of ether oxygens (including phenoxy) is 1. The van der Waals surface area contributed by atoms with Crippen LogP contribution in [-0.4, -0.2) is 23.8 Å². The van der Waals surface area contributed by atoms with Gasteiger partial charge in [0.15, 0.2) is 0 Å². The predicted molar refractivity (Wildman–Crippen MR) is 105 cm³/mol. The molecule has 0 aliphatic heterocycles. The Balaban J connectivity index is 1.91. The van der Waals surface area contributed by atoms with E-state index in [1.807, 2.05) is 44.2 Å². The van der Waals surface area contributed by atoms with Gasteiger partial charge in [-0.2, -0.15) is 0 Å². The number of hydrogen-bond donors (Lipinski definition) is 3. The van der Waals surface area contributed by atoms with Gasteiger partial charge in [0.05, 0.1) is 18.6 Å². The highest BCUT2D eigenvalue weighted by molar-refractivity contribution is 5.95. The van der Waals surface area contributed by atoms with Crippen molar-refractivity contribution in [2.75, 3.05) is 0 Å². The molecule has 0 saturated heterocycles. The molecule has 2 aromatic rings. The Hall–Kier alpha value is -3.35. The first-order chi connectivity index (χ1) is 13.3. The lowest BCUT2D eigenvalue weighted by Crippen LogP contribution is -2.43. The minimum atomic E-state index is -0.483. The number of hydrogen-bond acceptors (Lipinski definition) is 4. The molecule has 0 fully saturated rings. The molecule has 0 aliphatic carbocycles. The molecule has 0 bridgehead atoms. The molecule has 28 heavy (non-hydrogen) atoms. The van der Waals surface area contributed by atoms with Crippen LogP contribution in [0.4, 0.5) is 0 Å². The quantitative estimate of drug-likeness (QED) is 0.640. The molecule has 7 nitrogen and oxygen atoms in total. The van der Waals surface area contributed by atoms with Gasteiger partial charge in [-0.05, 0) is 43.7 Å². The van der Waals surface area contributed by atoms with Gasteiger partial charge in [-0.15, -0.1) is 0 Å². The number of carbonyl (C=O) groups is 3. The summed E-state index contributed by atoms with van der Waals surface area (Å²) in [5, 5.41) is 2.74. The molecule has 2 rings (SSSR count). The van der Waals surface area contributed by atoms with Crippen LogP contribution in [0.2, 0.25) is 0 Å². The third-order valence-corrected chi connectivity index (χ3v) is 3.77. The molecule has 0 spiro atoms. The van der Waals surface area contributed by atoms with Crippen LogP contribution in [0.15, 0.2) is 54.6 Å². The van der Waals surface area contributed by atoms with Crippen molar-refractivity contribution in [2.45, 2.75) is 39.3 Å². The van der Waals surface area contributed by atoms with Gasteiger partial charge in [0, 0.05) is 12.5 Å². The van der Waals surface area contributed by atoms with Crippen molar-refractivity contribution in [1.29, 1.82) is 0 Å². The first kappa shape index (κ1) is 21.0. The van der Waals surface area contributed by atoms with Crippen molar-refractivity contribution < 1.29 is 19.1 Å². The fourth-order valence-corrected chi connectivity index (χ4v) is 2.58. The second kappa shape index (κ2) is 10.1. The van der Waals surface area contributed by atoms with E-state index in [4.69, 9.17) is 4.74 Å². The van der Waals surface area contributed by atoms with Crippen LogP contribution in [0.1, 0.15) is 49.2 Å². The topological polar surface area (TPSA) is 96.5 Å².